The highest BCUT2D eigenvalue weighted by atomic mass is 16.6. The van der Waals surface area contributed by atoms with E-state index >= 15 is 0 Å². The second kappa shape index (κ2) is 9.69. The Morgan fingerprint density at radius 1 is 1.39 bits per heavy atom. The molecule has 0 aliphatic carbocycles. The normalized spacial score (nSPS) is 13.3. The highest BCUT2D eigenvalue weighted by Crippen LogP contribution is 2.16. The monoisotopic (exact) mass is 325 g/mol. The third-order valence-electron chi connectivity index (χ3n) is 3.05. The van der Waals surface area contributed by atoms with E-state index in [1.807, 2.05) is 6.07 Å². The van der Waals surface area contributed by atoms with Gasteiger partial charge in [0.2, 0.25) is 5.91 Å². The maximum Gasteiger partial charge on any atom is 0.329 e. The molecule has 0 aromatic heterocycles. The molecule has 2 atom stereocenters. The number of rotatable bonds is 10. The van der Waals surface area contributed by atoms with Crippen molar-refractivity contribution in [2.45, 2.75) is 57.8 Å². The van der Waals surface area contributed by atoms with Crippen LogP contribution in [0.5, 0.6) is 0 Å². The van der Waals surface area contributed by atoms with Gasteiger partial charge < -0.3 is 20.2 Å². The van der Waals surface area contributed by atoms with Gasteiger partial charge in [0.05, 0.1) is 18.7 Å². The Bertz CT molecular complexity index is 496. The molecule has 23 heavy (non-hydrogen) atoms. The summed E-state index contributed by atoms with van der Waals surface area (Å²) in [4.78, 5) is 35.3. The second-order valence-electron chi connectivity index (χ2n) is 5.60. The Morgan fingerprint density at radius 2 is 2.00 bits per heavy atom. The van der Waals surface area contributed by atoms with Gasteiger partial charge in [-0.3, -0.25) is 9.59 Å². The van der Waals surface area contributed by atoms with E-state index in [0.29, 0.717) is 6.21 Å². The summed E-state index contributed by atoms with van der Waals surface area (Å²) >= 11 is 0. The Kier molecular flexibility index (Phi) is 8.73. The zero-order valence-corrected chi connectivity index (χ0v) is 13.8. The highest BCUT2D eigenvalue weighted by Gasteiger charge is 2.30. The maximum atomic E-state index is 12.2. The van der Waals surface area contributed by atoms with E-state index in [1.165, 1.54) is 14.0 Å². The number of nitrogens with one attached hydrogen (secondary N) is 2. The second-order valence-corrected chi connectivity index (χ2v) is 5.60. The largest absolute Gasteiger partial charge is 0.457 e. The molecule has 128 valence electrons. The molecule has 8 heteroatoms. The fourth-order valence-electron chi connectivity index (χ4n) is 1.57. The van der Waals surface area contributed by atoms with Crippen LogP contribution in [0, 0.1) is 16.7 Å². The third kappa shape index (κ3) is 8.07. The first kappa shape index (κ1) is 20.7. The van der Waals surface area contributed by atoms with Crippen LogP contribution < -0.4 is 5.32 Å². The Morgan fingerprint density at radius 3 is 2.48 bits per heavy atom. The first-order valence-corrected chi connectivity index (χ1v) is 7.13. The van der Waals surface area contributed by atoms with Crippen molar-refractivity contribution in [3.63, 3.8) is 0 Å². The van der Waals surface area contributed by atoms with Crippen molar-refractivity contribution in [1.82, 2.24) is 5.32 Å². The molecule has 0 radical (unpaired) electrons. The summed E-state index contributed by atoms with van der Waals surface area (Å²) in [5, 5.41) is 18.0. The third-order valence-corrected chi connectivity index (χ3v) is 3.05. The standard InChI is InChI=1S/C15H23N3O5/c1-10(22-4)13(20)18-12(6-5-11(19)9-17)14(21)23-15(2,3)7-8-16/h9-10,12,17H,5-7H2,1-4H3,(H,18,20)/t10-,12-/m0/s1. The molecule has 0 saturated heterocycles. The molecular weight excluding hydrogens is 302 g/mol. The number of hydrogen-bond donors (Lipinski definition) is 2. The van der Waals surface area contributed by atoms with Crippen molar-refractivity contribution < 1.29 is 23.9 Å². The number of carbonyl (C=O) groups is 3. The Balaban J connectivity index is 4.98. The van der Waals surface area contributed by atoms with Crippen LogP contribution in [0.3, 0.4) is 0 Å². The number of amides is 1. The van der Waals surface area contributed by atoms with Crippen molar-refractivity contribution in [3.05, 3.63) is 0 Å². The Labute approximate surface area is 135 Å². The first-order valence-electron chi connectivity index (χ1n) is 7.13. The number of hydrogen-bond acceptors (Lipinski definition) is 7. The van der Waals surface area contributed by atoms with Crippen LogP contribution >= 0.6 is 0 Å². The summed E-state index contributed by atoms with van der Waals surface area (Å²) in [7, 11) is 1.35. The van der Waals surface area contributed by atoms with Crippen LogP contribution in [-0.4, -0.2) is 48.7 Å². The van der Waals surface area contributed by atoms with Gasteiger partial charge in [0.1, 0.15) is 17.7 Å². The summed E-state index contributed by atoms with van der Waals surface area (Å²) in [6.45, 7) is 4.67. The smallest absolute Gasteiger partial charge is 0.329 e. The maximum absolute atomic E-state index is 12.2. The van der Waals surface area contributed by atoms with Gasteiger partial charge in [-0.2, -0.15) is 5.26 Å². The predicted molar refractivity (Wildman–Crippen MR) is 81.8 cm³/mol. The molecule has 0 fully saturated rings. The molecule has 0 aromatic carbocycles. The van der Waals surface area contributed by atoms with E-state index in [1.54, 1.807) is 13.8 Å². The van der Waals surface area contributed by atoms with Crippen LogP contribution in [-0.2, 0) is 23.9 Å². The Hall–Kier alpha value is -2.27. The lowest BCUT2D eigenvalue weighted by atomic mass is 10.1. The van der Waals surface area contributed by atoms with Crippen molar-refractivity contribution in [1.29, 1.82) is 10.7 Å². The average Bonchev–Trinajstić information content (AvgIpc) is 2.48. The minimum absolute atomic E-state index is 0.00213. The summed E-state index contributed by atoms with van der Waals surface area (Å²) in [6.07, 6.45) is -0.202. The molecule has 0 bridgehead atoms. The lowest BCUT2D eigenvalue weighted by Crippen LogP contribution is -2.48. The number of methoxy groups -OCH3 is 1. The van der Waals surface area contributed by atoms with Crippen LogP contribution in [0.2, 0.25) is 0 Å². The molecular formula is C15H23N3O5. The number of Topliss-reactive ketones (excluding diaryl/α,β-unsaturated/α-hetero) is 1. The summed E-state index contributed by atoms with van der Waals surface area (Å²) in [6, 6.07) is 0.858. The van der Waals surface area contributed by atoms with Gasteiger partial charge in [-0.15, -0.1) is 0 Å². The van der Waals surface area contributed by atoms with Gasteiger partial charge in [0.15, 0.2) is 5.78 Å². The van der Waals surface area contributed by atoms with Crippen molar-refractivity contribution in [2.75, 3.05) is 7.11 Å². The summed E-state index contributed by atoms with van der Waals surface area (Å²) in [5.74, 6) is -1.72. The van der Waals surface area contributed by atoms with Crippen LogP contribution in [0.25, 0.3) is 0 Å². The molecule has 0 aliphatic heterocycles. The van der Waals surface area contributed by atoms with Crippen molar-refractivity contribution in [3.8, 4) is 6.07 Å². The first-order chi connectivity index (χ1) is 10.7. The average molecular weight is 325 g/mol. The molecule has 0 unspecified atom stereocenters. The van der Waals surface area contributed by atoms with E-state index in [-0.39, 0.29) is 19.3 Å². The van der Waals surface area contributed by atoms with E-state index in [9.17, 15) is 14.4 Å². The molecule has 0 spiro atoms. The molecule has 0 aliphatic rings. The lowest BCUT2D eigenvalue weighted by Gasteiger charge is -2.26. The number of nitriles is 1. The minimum atomic E-state index is -1.05. The van der Waals surface area contributed by atoms with Gasteiger partial charge in [-0.05, 0) is 27.2 Å². The van der Waals surface area contributed by atoms with E-state index in [0.717, 1.165) is 0 Å². The number of nitrogens with zero attached hydrogens (tertiary/aromatic N) is 1. The van der Waals surface area contributed by atoms with Crippen molar-refractivity contribution in [2.24, 2.45) is 0 Å². The number of ketones is 1. The van der Waals surface area contributed by atoms with Gasteiger partial charge in [-0.1, -0.05) is 0 Å². The van der Waals surface area contributed by atoms with Gasteiger partial charge >= 0.3 is 5.97 Å². The van der Waals surface area contributed by atoms with Gasteiger partial charge in [0.25, 0.3) is 0 Å². The topological polar surface area (TPSA) is 129 Å². The molecule has 0 saturated carbocycles. The fourth-order valence-corrected chi connectivity index (χ4v) is 1.57. The van der Waals surface area contributed by atoms with Crippen LogP contribution in [0.1, 0.15) is 40.0 Å². The van der Waals surface area contributed by atoms with Crippen molar-refractivity contribution >= 4 is 23.9 Å². The quantitative estimate of drug-likeness (QED) is 0.450. The van der Waals surface area contributed by atoms with Crippen LogP contribution in [0.4, 0.5) is 0 Å². The molecule has 1 amide bonds. The number of esters is 1. The van der Waals surface area contributed by atoms with Crippen LogP contribution in [0.15, 0.2) is 0 Å². The lowest BCUT2D eigenvalue weighted by molar-refractivity contribution is -0.160. The summed E-state index contributed by atoms with van der Waals surface area (Å²) < 4.78 is 10.1. The predicted octanol–water partition coefficient (Wildman–Crippen LogP) is 0.740. The zero-order valence-electron chi connectivity index (χ0n) is 13.8. The molecule has 0 rings (SSSR count). The SMILES string of the molecule is CO[C@@H](C)C(=O)N[C@@H](CCC(=O)C=N)C(=O)OC(C)(C)CC#N. The highest BCUT2D eigenvalue weighted by molar-refractivity contribution is 6.26. The number of carbonyl (C=O) groups excluding carboxylic acids is 3. The fraction of sp³-hybridized carbons (Fsp3) is 0.667. The van der Waals surface area contributed by atoms with E-state index in [4.69, 9.17) is 20.1 Å². The molecule has 0 aromatic rings. The molecule has 2 N–H and O–H groups in total. The van der Waals surface area contributed by atoms with Gasteiger partial charge in [-0.25, -0.2) is 4.79 Å². The molecule has 0 heterocycles. The summed E-state index contributed by atoms with van der Waals surface area (Å²) in [5.41, 5.74) is -1.01. The molecule has 8 nitrogen and oxygen atoms in total. The zero-order chi connectivity index (χ0) is 18.0. The number of ether oxygens (including phenoxy) is 2. The van der Waals surface area contributed by atoms with Gasteiger partial charge in [0, 0.05) is 13.5 Å². The van der Waals surface area contributed by atoms with E-state index in [2.05, 4.69) is 5.32 Å². The minimum Gasteiger partial charge on any atom is -0.457 e. The van der Waals surface area contributed by atoms with E-state index < -0.39 is 35.4 Å².